The largest absolute Gasteiger partial charge is 0.327 e. The molecule has 0 saturated heterocycles. The molecular weight excluding hydrogens is 212 g/mol. The van der Waals surface area contributed by atoms with Crippen LogP contribution in [0.5, 0.6) is 0 Å². The minimum atomic E-state index is -0.0136. The number of hydrogen-bond acceptors (Lipinski definition) is 2. The molecule has 0 radical (unpaired) electrons. The van der Waals surface area contributed by atoms with Gasteiger partial charge < -0.3 is 11.1 Å². The second kappa shape index (κ2) is 5.32. The molecule has 1 aliphatic carbocycles. The van der Waals surface area contributed by atoms with Gasteiger partial charge in [0, 0.05) is 11.7 Å². The monoisotopic (exact) mass is 232 g/mol. The Labute approximate surface area is 102 Å². The van der Waals surface area contributed by atoms with Gasteiger partial charge in [-0.2, -0.15) is 0 Å². The first-order valence-electron chi connectivity index (χ1n) is 6.36. The van der Waals surface area contributed by atoms with Gasteiger partial charge in [0.25, 0.3) is 0 Å². The average molecular weight is 232 g/mol. The van der Waals surface area contributed by atoms with Crippen molar-refractivity contribution >= 4 is 11.6 Å². The number of nitrogens with two attached hydrogens (primary N) is 1. The number of anilines is 1. The molecule has 0 bridgehead atoms. The molecule has 2 unspecified atom stereocenters. The summed E-state index contributed by atoms with van der Waals surface area (Å²) < 4.78 is 0. The van der Waals surface area contributed by atoms with Crippen LogP contribution >= 0.6 is 0 Å². The highest BCUT2D eigenvalue weighted by atomic mass is 16.1. The van der Waals surface area contributed by atoms with E-state index in [0.717, 1.165) is 31.4 Å². The first kappa shape index (κ1) is 12.1. The maximum absolute atomic E-state index is 12.0. The Hall–Kier alpha value is -1.35. The van der Waals surface area contributed by atoms with Gasteiger partial charge in [-0.15, -0.1) is 0 Å². The van der Waals surface area contributed by atoms with Crippen LogP contribution in [0.1, 0.15) is 31.7 Å². The molecule has 0 heterocycles. The van der Waals surface area contributed by atoms with E-state index in [0.29, 0.717) is 0 Å². The molecule has 1 aromatic carbocycles. The van der Waals surface area contributed by atoms with Crippen molar-refractivity contribution < 1.29 is 4.79 Å². The topological polar surface area (TPSA) is 55.1 Å². The first-order valence-corrected chi connectivity index (χ1v) is 6.36. The van der Waals surface area contributed by atoms with Gasteiger partial charge in [0.15, 0.2) is 0 Å². The average Bonchev–Trinajstić information content (AvgIpc) is 2.76. The summed E-state index contributed by atoms with van der Waals surface area (Å²) in [6.45, 7) is 2.10. The Kier molecular flexibility index (Phi) is 3.79. The molecule has 1 saturated carbocycles. The Balaban J connectivity index is 2.02. The highest BCUT2D eigenvalue weighted by molar-refractivity contribution is 5.93. The summed E-state index contributed by atoms with van der Waals surface area (Å²) in [7, 11) is 0. The third kappa shape index (κ3) is 2.86. The van der Waals surface area contributed by atoms with Crippen molar-refractivity contribution in [2.24, 2.45) is 11.7 Å². The van der Waals surface area contributed by atoms with E-state index in [9.17, 15) is 4.79 Å². The van der Waals surface area contributed by atoms with Crippen LogP contribution in [0.4, 0.5) is 5.69 Å². The maximum Gasteiger partial charge on any atom is 0.229 e. The summed E-state index contributed by atoms with van der Waals surface area (Å²) in [6, 6.07) is 8.03. The van der Waals surface area contributed by atoms with Crippen molar-refractivity contribution in [2.75, 3.05) is 5.32 Å². The number of amides is 1. The number of nitrogens with one attached hydrogen (secondary N) is 1. The molecule has 92 valence electrons. The zero-order valence-corrected chi connectivity index (χ0v) is 10.3. The van der Waals surface area contributed by atoms with Crippen molar-refractivity contribution in [1.82, 2.24) is 0 Å². The van der Waals surface area contributed by atoms with E-state index in [1.54, 1.807) is 0 Å². The highest BCUT2D eigenvalue weighted by Gasteiger charge is 2.30. The van der Waals surface area contributed by atoms with E-state index in [1.165, 1.54) is 5.56 Å². The standard InChI is InChI=1S/C14H20N2O/c1-2-10-5-3-6-11(9-10)16-14(17)12-7-4-8-13(12)15/h3,5-6,9,12-13H,2,4,7-8,15H2,1H3,(H,16,17). The van der Waals surface area contributed by atoms with Crippen molar-refractivity contribution in [2.45, 2.75) is 38.6 Å². The molecule has 2 atom stereocenters. The van der Waals surface area contributed by atoms with Crippen LogP contribution in [0.3, 0.4) is 0 Å². The summed E-state index contributed by atoms with van der Waals surface area (Å²) >= 11 is 0. The Morgan fingerprint density at radius 2 is 2.29 bits per heavy atom. The number of rotatable bonds is 3. The third-order valence-corrected chi connectivity index (χ3v) is 3.51. The van der Waals surface area contributed by atoms with E-state index in [-0.39, 0.29) is 17.9 Å². The van der Waals surface area contributed by atoms with Gasteiger partial charge in [-0.05, 0) is 37.0 Å². The van der Waals surface area contributed by atoms with Crippen molar-refractivity contribution in [3.8, 4) is 0 Å². The first-order chi connectivity index (χ1) is 8.20. The predicted molar refractivity (Wildman–Crippen MR) is 69.8 cm³/mol. The fourth-order valence-electron chi connectivity index (χ4n) is 2.42. The van der Waals surface area contributed by atoms with Gasteiger partial charge in [-0.3, -0.25) is 4.79 Å². The van der Waals surface area contributed by atoms with Crippen LogP contribution < -0.4 is 11.1 Å². The van der Waals surface area contributed by atoms with E-state index in [2.05, 4.69) is 18.3 Å². The lowest BCUT2D eigenvalue weighted by molar-refractivity contribution is -0.120. The molecule has 0 spiro atoms. The van der Waals surface area contributed by atoms with E-state index in [1.807, 2.05) is 18.2 Å². The highest BCUT2D eigenvalue weighted by Crippen LogP contribution is 2.25. The summed E-state index contributed by atoms with van der Waals surface area (Å²) in [5.41, 5.74) is 8.05. The molecule has 0 aromatic heterocycles. The summed E-state index contributed by atoms with van der Waals surface area (Å²) in [5.74, 6) is 0.0588. The number of aryl methyl sites for hydroxylation is 1. The fourth-order valence-corrected chi connectivity index (χ4v) is 2.42. The van der Waals surface area contributed by atoms with Gasteiger partial charge in [0.05, 0.1) is 5.92 Å². The Morgan fingerprint density at radius 1 is 1.47 bits per heavy atom. The number of benzene rings is 1. The molecule has 2 rings (SSSR count). The molecule has 1 aromatic rings. The summed E-state index contributed by atoms with van der Waals surface area (Å²) in [5, 5.41) is 2.97. The Bertz CT molecular complexity index is 403. The summed E-state index contributed by atoms with van der Waals surface area (Å²) in [6.07, 6.45) is 3.93. The SMILES string of the molecule is CCc1cccc(NC(=O)C2CCCC2N)c1. The van der Waals surface area contributed by atoms with Crippen molar-refractivity contribution in [1.29, 1.82) is 0 Å². The van der Waals surface area contributed by atoms with Gasteiger partial charge in [-0.25, -0.2) is 0 Å². The molecule has 3 N–H and O–H groups in total. The fraction of sp³-hybridized carbons (Fsp3) is 0.500. The van der Waals surface area contributed by atoms with Gasteiger partial charge in [-0.1, -0.05) is 25.5 Å². The van der Waals surface area contributed by atoms with Crippen LogP contribution in [-0.4, -0.2) is 11.9 Å². The normalized spacial score (nSPS) is 23.6. The molecule has 3 heteroatoms. The van der Waals surface area contributed by atoms with Crippen LogP contribution in [0.2, 0.25) is 0 Å². The number of hydrogen-bond donors (Lipinski definition) is 2. The van der Waals surface area contributed by atoms with Gasteiger partial charge in [0.1, 0.15) is 0 Å². The molecule has 1 amide bonds. The Morgan fingerprint density at radius 3 is 2.94 bits per heavy atom. The van der Waals surface area contributed by atoms with Crippen LogP contribution in [0.25, 0.3) is 0 Å². The van der Waals surface area contributed by atoms with Crippen LogP contribution in [-0.2, 0) is 11.2 Å². The minimum Gasteiger partial charge on any atom is -0.327 e. The van der Waals surface area contributed by atoms with Gasteiger partial charge >= 0.3 is 0 Å². The van der Waals surface area contributed by atoms with E-state index < -0.39 is 0 Å². The quantitative estimate of drug-likeness (QED) is 0.840. The second-order valence-corrected chi connectivity index (χ2v) is 4.74. The molecule has 3 nitrogen and oxygen atoms in total. The zero-order chi connectivity index (χ0) is 12.3. The lowest BCUT2D eigenvalue weighted by Gasteiger charge is -2.15. The molecular formula is C14H20N2O. The molecule has 17 heavy (non-hydrogen) atoms. The van der Waals surface area contributed by atoms with Crippen LogP contribution in [0.15, 0.2) is 24.3 Å². The van der Waals surface area contributed by atoms with Gasteiger partial charge in [0.2, 0.25) is 5.91 Å². The summed E-state index contributed by atoms with van der Waals surface area (Å²) in [4.78, 5) is 12.0. The third-order valence-electron chi connectivity index (χ3n) is 3.51. The predicted octanol–water partition coefficient (Wildman–Crippen LogP) is 2.31. The smallest absolute Gasteiger partial charge is 0.229 e. The van der Waals surface area contributed by atoms with E-state index >= 15 is 0 Å². The van der Waals surface area contributed by atoms with E-state index in [4.69, 9.17) is 5.73 Å². The van der Waals surface area contributed by atoms with Crippen molar-refractivity contribution in [3.63, 3.8) is 0 Å². The minimum absolute atomic E-state index is 0.0136. The van der Waals surface area contributed by atoms with Crippen LogP contribution in [0, 0.1) is 5.92 Å². The van der Waals surface area contributed by atoms with Crippen molar-refractivity contribution in [3.05, 3.63) is 29.8 Å². The lowest BCUT2D eigenvalue weighted by atomic mass is 10.0. The molecule has 1 fully saturated rings. The maximum atomic E-state index is 12.0. The lowest BCUT2D eigenvalue weighted by Crippen LogP contribution is -2.34. The zero-order valence-electron chi connectivity index (χ0n) is 10.3. The molecule has 1 aliphatic rings. The number of carbonyl (C=O) groups excluding carboxylic acids is 1. The second-order valence-electron chi connectivity index (χ2n) is 4.74. The number of carbonyl (C=O) groups is 1. The molecule has 0 aliphatic heterocycles.